The van der Waals surface area contributed by atoms with Gasteiger partial charge < -0.3 is 15.3 Å². The van der Waals surface area contributed by atoms with Crippen LogP contribution in [0.4, 0.5) is 22.0 Å². The first-order chi connectivity index (χ1) is 14.9. The van der Waals surface area contributed by atoms with E-state index in [4.69, 9.17) is 4.98 Å². The highest BCUT2D eigenvalue weighted by molar-refractivity contribution is 5.93. The van der Waals surface area contributed by atoms with Gasteiger partial charge in [-0.2, -0.15) is 0 Å². The number of rotatable bonds is 5. The molecule has 1 amide bonds. The third kappa shape index (κ3) is 4.58. The van der Waals surface area contributed by atoms with Crippen molar-refractivity contribution in [3.63, 3.8) is 0 Å². The van der Waals surface area contributed by atoms with Gasteiger partial charge in [-0.3, -0.25) is 4.90 Å². The highest BCUT2D eigenvalue weighted by atomic mass is 16.4. The van der Waals surface area contributed by atoms with Crippen molar-refractivity contribution in [1.82, 2.24) is 4.98 Å². The van der Waals surface area contributed by atoms with Gasteiger partial charge in [0.1, 0.15) is 5.82 Å². The Morgan fingerprint density at radius 3 is 2.35 bits per heavy atom. The SMILES string of the molecule is Cc1ccc(N(C(=O)O)C2CCC(Nc3cc(N(C)C)c4ccccc4n3)CC2)cc1. The monoisotopic (exact) mass is 418 g/mol. The predicted molar refractivity (Wildman–Crippen MR) is 127 cm³/mol. The first-order valence-electron chi connectivity index (χ1n) is 10.8. The van der Waals surface area contributed by atoms with E-state index in [0.29, 0.717) is 0 Å². The summed E-state index contributed by atoms with van der Waals surface area (Å²) in [4.78, 5) is 20.4. The fraction of sp³-hybridized carbons (Fsp3) is 0.360. The van der Waals surface area contributed by atoms with Gasteiger partial charge in [-0.15, -0.1) is 0 Å². The quantitative estimate of drug-likeness (QED) is 0.571. The highest BCUT2D eigenvalue weighted by Crippen LogP contribution is 2.31. The molecule has 31 heavy (non-hydrogen) atoms. The summed E-state index contributed by atoms with van der Waals surface area (Å²) >= 11 is 0. The Morgan fingerprint density at radius 1 is 1.03 bits per heavy atom. The molecule has 0 unspecified atom stereocenters. The molecule has 6 heteroatoms. The summed E-state index contributed by atoms with van der Waals surface area (Å²) in [5.41, 5.74) is 3.99. The minimum Gasteiger partial charge on any atom is -0.465 e. The smallest absolute Gasteiger partial charge is 0.412 e. The second kappa shape index (κ2) is 8.84. The average Bonchev–Trinajstić information content (AvgIpc) is 2.75. The average molecular weight is 419 g/mol. The third-order valence-electron chi connectivity index (χ3n) is 6.11. The first kappa shape index (κ1) is 21.0. The number of hydrogen-bond acceptors (Lipinski definition) is 4. The molecule has 3 aromatic rings. The van der Waals surface area contributed by atoms with Gasteiger partial charge in [0.25, 0.3) is 0 Å². The maximum absolute atomic E-state index is 12.0. The van der Waals surface area contributed by atoms with Crippen molar-refractivity contribution < 1.29 is 9.90 Å². The number of nitrogens with one attached hydrogen (secondary N) is 1. The van der Waals surface area contributed by atoms with Crippen molar-refractivity contribution in [3.8, 4) is 0 Å². The normalized spacial score (nSPS) is 18.5. The maximum atomic E-state index is 12.0. The van der Waals surface area contributed by atoms with E-state index in [0.717, 1.165) is 59.3 Å². The van der Waals surface area contributed by atoms with Crippen LogP contribution in [0.5, 0.6) is 0 Å². The standard InChI is InChI=1S/C25H30N4O2/c1-17-8-12-19(13-9-17)29(25(30)31)20-14-10-18(11-15-20)26-24-16-23(28(2)3)21-6-4-5-7-22(21)27-24/h4-9,12-13,16,18,20H,10-11,14-15H2,1-3H3,(H,26,27)(H,30,31). The summed E-state index contributed by atoms with van der Waals surface area (Å²) in [6.07, 6.45) is 2.59. The zero-order valence-electron chi connectivity index (χ0n) is 18.4. The number of aryl methyl sites for hydroxylation is 1. The Kier molecular flexibility index (Phi) is 5.98. The molecule has 1 aliphatic carbocycles. The van der Waals surface area contributed by atoms with Crippen LogP contribution >= 0.6 is 0 Å². The molecule has 6 nitrogen and oxygen atoms in total. The van der Waals surface area contributed by atoms with Crippen LogP contribution in [0.3, 0.4) is 0 Å². The van der Waals surface area contributed by atoms with Crippen LogP contribution in [0.25, 0.3) is 10.9 Å². The van der Waals surface area contributed by atoms with Crippen LogP contribution in [0, 0.1) is 6.92 Å². The van der Waals surface area contributed by atoms with Gasteiger partial charge in [0.05, 0.1) is 5.52 Å². The number of pyridine rings is 1. The molecule has 0 aliphatic heterocycles. The molecule has 0 bridgehead atoms. The van der Waals surface area contributed by atoms with E-state index < -0.39 is 6.09 Å². The molecule has 0 radical (unpaired) electrons. The zero-order chi connectivity index (χ0) is 22.0. The van der Waals surface area contributed by atoms with Crippen LogP contribution in [-0.2, 0) is 0 Å². The van der Waals surface area contributed by atoms with Gasteiger partial charge in [-0.05, 0) is 50.8 Å². The molecule has 2 aromatic carbocycles. The van der Waals surface area contributed by atoms with E-state index in [9.17, 15) is 9.90 Å². The number of para-hydroxylation sites is 1. The fourth-order valence-corrected chi connectivity index (χ4v) is 4.47. The number of nitrogens with zero attached hydrogens (tertiary/aromatic N) is 3. The van der Waals surface area contributed by atoms with E-state index in [1.807, 2.05) is 63.5 Å². The highest BCUT2D eigenvalue weighted by Gasteiger charge is 2.30. The topological polar surface area (TPSA) is 68.7 Å². The van der Waals surface area contributed by atoms with E-state index >= 15 is 0 Å². The van der Waals surface area contributed by atoms with Crippen molar-refractivity contribution >= 4 is 34.2 Å². The first-order valence-corrected chi connectivity index (χ1v) is 10.8. The molecule has 1 aromatic heterocycles. The lowest BCUT2D eigenvalue weighted by Crippen LogP contribution is -2.43. The molecule has 1 heterocycles. The van der Waals surface area contributed by atoms with Crippen LogP contribution in [-0.4, -0.2) is 42.4 Å². The number of anilines is 3. The molecule has 4 rings (SSSR count). The molecule has 162 valence electrons. The lowest BCUT2D eigenvalue weighted by Gasteiger charge is -2.36. The van der Waals surface area contributed by atoms with E-state index in [-0.39, 0.29) is 12.1 Å². The van der Waals surface area contributed by atoms with Crippen LogP contribution in [0.15, 0.2) is 54.6 Å². The molecule has 0 saturated heterocycles. The van der Waals surface area contributed by atoms with E-state index in [2.05, 4.69) is 22.3 Å². The lowest BCUT2D eigenvalue weighted by atomic mass is 9.90. The van der Waals surface area contributed by atoms with Crippen molar-refractivity contribution in [2.24, 2.45) is 0 Å². The number of carbonyl (C=O) groups is 1. The fourth-order valence-electron chi connectivity index (χ4n) is 4.47. The number of carboxylic acid groups (broad SMARTS) is 1. The predicted octanol–water partition coefficient (Wildman–Crippen LogP) is 5.52. The molecular weight excluding hydrogens is 388 g/mol. The van der Waals surface area contributed by atoms with Gasteiger partial charge >= 0.3 is 6.09 Å². The van der Waals surface area contributed by atoms with Gasteiger partial charge in [0, 0.05) is 49.0 Å². The van der Waals surface area contributed by atoms with Gasteiger partial charge in [-0.1, -0.05) is 35.9 Å². The molecule has 1 fully saturated rings. The Hall–Kier alpha value is -3.28. The summed E-state index contributed by atoms with van der Waals surface area (Å²) in [7, 11) is 4.09. The van der Waals surface area contributed by atoms with Crippen LogP contribution in [0.1, 0.15) is 31.2 Å². The summed E-state index contributed by atoms with van der Waals surface area (Å²) < 4.78 is 0. The number of aromatic nitrogens is 1. The Bertz CT molecular complexity index is 1060. The lowest BCUT2D eigenvalue weighted by molar-refractivity contribution is 0.196. The largest absolute Gasteiger partial charge is 0.465 e. The van der Waals surface area contributed by atoms with Crippen LogP contribution < -0.4 is 15.1 Å². The Balaban J connectivity index is 1.46. The number of amides is 1. The number of benzene rings is 2. The number of hydrogen-bond donors (Lipinski definition) is 2. The minimum absolute atomic E-state index is 0.000143. The van der Waals surface area contributed by atoms with Gasteiger partial charge in [0.15, 0.2) is 0 Å². The van der Waals surface area contributed by atoms with Crippen molar-refractivity contribution in [1.29, 1.82) is 0 Å². The van der Waals surface area contributed by atoms with Crippen molar-refractivity contribution in [2.45, 2.75) is 44.7 Å². The Morgan fingerprint density at radius 2 is 1.71 bits per heavy atom. The minimum atomic E-state index is -0.882. The number of fused-ring (bicyclic) bond motifs is 1. The molecule has 1 saturated carbocycles. The van der Waals surface area contributed by atoms with Crippen molar-refractivity contribution in [2.75, 3.05) is 29.2 Å². The van der Waals surface area contributed by atoms with E-state index in [1.54, 1.807) is 0 Å². The molecule has 0 atom stereocenters. The van der Waals surface area contributed by atoms with Gasteiger partial charge in [-0.25, -0.2) is 9.78 Å². The molecule has 2 N–H and O–H groups in total. The Labute approximate surface area is 183 Å². The van der Waals surface area contributed by atoms with Gasteiger partial charge in [0.2, 0.25) is 0 Å². The van der Waals surface area contributed by atoms with Crippen molar-refractivity contribution in [3.05, 3.63) is 60.2 Å². The molecule has 1 aliphatic rings. The summed E-state index contributed by atoms with van der Waals surface area (Å²) in [5, 5.41) is 14.6. The maximum Gasteiger partial charge on any atom is 0.412 e. The molecule has 0 spiro atoms. The summed E-state index contributed by atoms with van der Waals surface area (Å²) in [6.45, 7) is 2.01. The van der Waals surface area contributed by atoms with E-state index in [1.165, 1.54) is 4.90 Å². The summed E-state index contributed by atoms with van der Waals surface area (Å²) in [5.74, 6) is 0.875. The zero-order valence-corrected chi connectivity index (χ0v) is 18.4. The van der Waals surface area contributed by atoms with Crippen LogP contribution in [0.2, 0.25) is 0 Å². The molecular formula is C25H30N4O2. The summed E-state index contributed by atoms with van der Waals surface area (Å²) in [6, 6.07) is 18.3. The second-order valence-electron chi connectivity index (χ2n) is 8.58. The second-order valence-corrected chi connectivity index (χ2v) is 8.58. The third-order valence-corrected chi connectivity index (χ3v) is 6.11.